The number of ether oxygens (including phenoxy) is 2. The standard InChI is InChI=1S/C21H26IN5O2/c1-26(21-23-11-17(22)20(25-21)24-15-3-4-15)16-6-8-27(9-7-16)12-14-2-5-18-19(10-14)29-13-28-18/h2,5,10-11,15-16H,3-4,6-9,12-13H2,1H3,(H,23,24,25). The van der Waals surface area contributed by atoms with E-state index in [0.29, 0.717) is 18.9 Å². The van der Waals surface area contributed by atoms with Crippen LogP contribution in [0.25, 0.3) is 0 Å². The second-order valence-electron chi connectivity index (χ2n) is 8.09. The fraction of sp³-hybridized carbons (Fsp3) is 0.524. The lowest BCUT2D eigenvalue weighted by Gasteiger charge is -2.36. The number of aromatic nitrogens is 2. The number of likely N-dealkylation sites (tertiary alicyclic amines) is 1. The van der Waals surface area contributed by atoms with Crippen LogP contribution in [0.2, 0.25) is 0 Å². The van der Waals surface area contributed by atoms with Crippen LogP contribution in [0.4, 0.5) is 11.8 Å². The molecule has 1 aromatic carbocycles. The zero-order valence-corrected chi connectivity index (χ0v) is 18.8. The second kappa shape index (κ2) is 8.14. The molecule has 0 bridgehead atoms. The molecule has 1 aliphatic carbocycles. The Kier molecular flexibility index (Phi) is 5.38. The summed E-state index contributed by atoms with van der Waals surface area (Å²) in [6.45, 7) is 3.42. The number of hydrogen-bond donors (Lipinski definition) is 1. The van der Waals surface area contributed by atoms with Crippen molar-refractivity contribution in [3.63, 3.8) is 0 Å². The first-order chi connectivity index (χ1) is 14.2. The molecule has 7 nitrogen and oxygen atoms in total. The molecule has 1 saturated heterocycles. The van der Waals surface area contributed by atoms with Crippen LogP contribution in [0, 0.1) is 3.57 Å². The minimum atomic E-state index is 0.328. The van der Waals surface area contributed by atoms with E-state index in [9.17, 15) is 0 Å². The number of piperidine rings is 1. The molecule has 0 spiro atoms. The van der Waals surface area contributed by atoms with Crippen LogP contribution in [0.3, 0.4) is 0 Å². The molecule has 2 aliphatic heterocycles. The van der Waals surface area contributed by atoms with Gasteiger partial charge >= 0.3 is 0 Å². The van der Waals surface area contributed by atoms with Gasteiger partial charge in [0, 0.05) is 45.0 Å². The van der Waals surface area contributed by atoms with Crippen molar-refractivity contribution in [3.05, 3.63) is 33.5 Å². The number of rotatable bonds is 6. The summed E-state index contributed by atoms with van der Waals surface area (Å²) in [6.07, 6.45) is 6.64. The number of benzene rings is 1. The van der Waals surface area contributed by atoms with E-state index in [1.54, 1.807) is 0 Å². The van der Waals surface area contributed by atoms with Crippen LogP contribution in [0.1, 0.15) is 31.2 Å². The Hall–Kier alpha value is -1.81. The normalized spacial score (nSPS) is 19.4. The zero-order chi connectivity index (χ0) is 19.8. The Balaban J connectivity index is 1.18. The van der Waals surface area contributed by atoms with Crippen molar-refractivity contribution < 1.29 is 9.47 Å². The first kappa shape index (κ1) is 19.2. The Morgan fingerprint density at radius 2 is 1.97 bits per heavy atom. The van der Waals surface area contributed by atoms with Gasteiger partial charge in [0.1, 0.15) is 5.82 Å². The van der Waals surface area contributed by atoms with Gasteiger partial charge in [0.25, 0.3) is 0 Å². The molecule has 154 valence electrons. The minimum absolute atomic E-state index is 0.328. The first-order valence-corrected chi connectivity index (χ1v) is 11.4. The van der Waals surface area contributed by atoms with Crippen molar-refractivity contribution in [2.24, 2.45) is 0 Å². The summed E-state index contributed by atoms with van der Waals surface area (Å²) in [5, 5.41) is 3.52. The highest BCUT2D eigenvalue weighted by Gasteiger charge is 2.26. The third-order valence-corrected chi connectivity index (χ3v) is 6.70. The molecule has 0 atom stereocenters. The van der Waals surface area contributed by atoms with Crippen molar-refractivity contribution in [1.82, 2.24) is 14.9 Å². The SMILES string of the molecule is CN(c1ncc(I)c(NC2CC2)n1)C1CCN(Cc2ccc3c(c2)OCO3)CC1. The van der Waals surface area contributed by atoms with Gasteiger partial charge in [0.05, 0.1) is 3.57 Å². The summed E-state index contributed by atoms with van der Waals surface area (Å²) >= 11 is 2.31. The maximum absolute atomic E-state index is 5.50. The molecule has 1 saturated carbocycles. The molecule has 1 N–H and O–H groups in total. The van der Waals surface area contributed by atoms with Gasteiger partial charge in [0.2, 0.25) is 12.7 Å². The summed E-state index contributed by atoms with van der Waals surface area (Å²) in [5.74, 6) is 3.51. The maximum atomic E-state index is 5.50. The summed E-state index contributed by atoms with van der Waals surface area (Å²) in [7, 11) is 2.13. The van der Waals surface area contributed by atoms with Crippen molar-refractivity contribution >= 4 is 34.4 Å². The van der Waals surface area contributed by atoms with E-state index >= 15 is 0 Å². The Morgan fingerprint density at radius 3 is 2.76 bits per heavy atom. The highest BCUT2D eigenvalue weighted by Crippen LogP contribution is 2.33. The predicted molar refractivity (Wildman–Crippen MR) is 121 cm³/mol. The highest BCUT2D eigenvalue weighted by atomic mass is 127. The van der Waals surface area contributed by atoms with E-state index in [2.05, 4.69) is 61.9 Å². The molecule has 2 aromatic rings. The lowest BCUT2D eigenvalue weighted by atomic mass is 10.0. The number of hydrogen-bond acceptors (Lipinski definition) is 7. The Bertz CT molecular complexity index is 883. The number of nitrogens with zero attached hydrogens (tertiary/aromatic N) is 4. The highest BCUT2D eigenvalue weighted by molar-refractivity contribution is 14.1. The largest absolute Gasteiger partial charge is 0.454 e. The van der Waals surface area contributed by atoms with Crippen LogP contribution in [0.5, 0.6) is 11.5 Å². The number of fused-ring (bicyclic) bond motifs is 1. The van der Waals surface area contributed by atoms with Crippen LogP contribution >= 0.6 is 22.6 Å². The molecule has 5 rings (SSSR count). The molecule has 3 heterocycles. The molecule has 2 fully saturated rings. The van der Waals surface area contributed by atoms with Gasteiger partial charge in [-0.25, -0.2) is 4.98 Å². The predicted octanol–water partition coefficient (Wildman–Crippen LogP) is 3.49. The summed E-state index contributed by atoms with van der Waals surface area (Å²) < 4.78 is 12.0. The minimum Gasteiger partial charge on any atom is -0.454 e. The number of nitrogens with one attached hydrogen (secondary N) is 1. The van der Waals surface area contributed by atoms with E-state index in [0.717, 1.165) is 59.3 Å². The average Bonchev–Trinajstić information content (AvgIpc) is 3.43. The molecule has 0 amide bonds. The third-order valence-electron chi connectivity index (χ3n) is 5.91. The molecular formula is C21H26IN5O2. The van der Waals surface area contributed by atoms with Gasteiger partial charge in [-0.15, -0.1) is 0 Å². The van der Waals surface area contributed by atoms with Gasteiger partial charge in [-0.2, -0.15) is 4.98 Å². The van der Waals surface area contributed by atoms with Crippen LogP contribution < -0.4 is 19.7 Å². The molecular weight excluding hydrogens is 481 g/mol. The fourth-order valence-corrected chi connectivity index (χ4v) is 4.39. The van der Waals surface area contributed by atoms with Gasteiger partial charge < -0.3 is 19.7 Å². The first-order valence-electron chi connectivity index (χ1n) is 10.3. The van der Waals surface area contributed by atoms with Crippen LogP contribution in [-0.4, -0.2) is 53.9 Å². The number of halogens is 1. The van der Waals surface area contributed by atoms with E-state index in [4.69, 9.17) is 14.5 Å². The Labute approximate surface area is 184 Å². The van der Waals surface area contributed by atoms with Crippen molar-refractivity contribution in [3.8, 4) is 11.5 Å². The maximum Gasteiger partial charge on any atom is 0.231 e. The van der Waals surface area contributed by atoms with Gasteiger partial charge in [-0.05, 0) is 66.0 Å². The van der Waals surface area contributed by atoms with Crippen molar-refractivity contribution in [2.75, 3.05) is 37.1 Å². The summed E-state index contributed by atoms with van der Waals surface area (Å²) in [5.41, 5.74) is 1.28. The number of anilines is 2. The van der Waals surface area contributed by atoms with E-state index < -0.39 is 0 Å². The quantitative estimate of drug-likeness (QED) is 0.601. The molecule has 1 aromatic heterocycles. The van der Waals surface area contributed by atoms with E-state index in [-0.39, 0.29) is 0 Å². The third kappa shape index (κ3) is 4.37. The van der Waals surface area contributed by atoms with Gasteiger partial charge in [0.15, 0.2) is 11.5 Å². The Morgan fingerprint density at radius 1 is 1.17 bits per heavy atom. The van der Waals surface area contributed by atoms with Crippen LogP contribution in [-0.2, 0) is 6.54 Å². The molecule has 0 radical (unpaired) electrons. The lowest BCUT2D eigenvalue weighted by Crippen LogP contribution is -2.43. The molecule has 8 heteroatoms. The monoisotopic (exact) mass is 507 g/mol. The topological polar surface area (TPSA) is 62.8 Å². The van der Waals surface area contributed by atoms with Crippen LogP contribution in [0.15, 0.2) is 24.4 Å². The fourth-order valence-electron chi connectivity index (χ4n) is 3.98. The smallest absolute Gasteiger partial charge is 0.231 e. The van der Waals surface area contributed by atoms with Gasteiger partial charge in [-0.3, -0.25) is 4.90 Å². The molecule has 3 aliphatic rings. The average molecular weight is 507 g/mol. The molecule has 29 heavy (non-hydrogen) atoms. The van der Waals surface area contributed by atoms with Crippen molar-refractivity contribution in [2.45, 2.75) is 44.3 Å². The van der Waals surface area contributed by atoms with E-state index in [1.165, 1.54) is 18.4 Å². The zero-order valence-electron chi connectivity index (χ0n) is 16.6. The van der Waals surface area contributed by atoms with Gasteiger partial charge in [-0.1, -0.05) is 6.07 Å². The lowest BCUT2D eigenvalue weighted by molar-refractivity contribution is 0.173. The van der Waals surface area contributed by atoms with E-state index in [1.807, 2.05) is 12.3 Å². The second-order valence-corrected chi connectivity index (χ2v) is 9.25. The molecule has 0 unspecified atom stereocenters. The van der Waals surface area contributed by atoms with Crippen molar-refractivity contribution in [1.29, 1.82) is 0 Å². The summed E-state index contributed by atoms with van der Waals surface area (Å²) in [4.78, 5) is 14.2. The summed E-state index contributed by atoms with van der Waals surface area (Å²) in [6, 6.07) is 7.32.